The van der Waals surface area contributed by atoms with Gasteiger partial charge < -0.3 is 4.74 Å². The Bertz CT molecular complexity index is 665. The van der Waals surface area contributed by atoms with Crippen LogP contribution in [0.5, 0.6) is 6.01 Å². The van der Waals surface area contributed by atoms with Gasteiger partial charge in [0.15, 0.2) is 0 Å². The van der Waals surface area contributed by atoms with Crippen LogP contribution in [0.25, 0.3) is 10.9 Å². The van der Waals surface area contributed by atoms with Gasteiger partial charge in [0.1, 0.15) is 0 Å². The highest BCUT2D eigenvalue weighted by Gasteiger charge is 2.13. The fourth-order valence-electron chi connectivity index (χ4n) is 2.00. The molecule has 0 bridgehead atoms. The summed E-state index contributed by atoms with van der Waals surface area (Å²) in [7, 11) is 0. The lowest BCUT2D eigenvalue weighted by atomic mass is 10.2. The summed E-state index contributed by atoms with van der Waals surface area (Å²) >= 11 is 5.96. The minimum Gasteiger partial charge on any atom is -0.465 e. The quantitative estimate of drug-likeness (QED) is 0.848. The number of halogens is 1. The minimum absolute atomic E-state index is 0.0997. The van der Waals surface area contributed by atoms with E-state index >= 15 is 0 Å². The number of benzene rings is 1. The molecular formula is C15H19ClN2O2. The first-order chi connectivity index (χ1) is 9.52. The summed E-state index contributed by atoms with van der Waals surface area (Å²) in [5.74, 6) is 0.329. The lowest BCUT2D eigenvalue weighted by molar-refractivity contribution is 0.267. The fraction of sp³-hybridized carbons (Fsp3) is 0.467. The van der Waals surface area contributed by atoms with Crippen LogP contribution in [0.4, 0.5) is 0 Å². The second-order valence-electron chi connectivity index (χ2n) is 5.21. The Labute approximate surface area is 123 Å². The monoisotopic (exact) mass is 294 g/mol. The first-order valence-corrected chi connectivity index (χ1v) is 7.23. The number of rotatable bonds is 5. The van der Waals surface area contributed by atoms with E-state index < -0.39 is 0 Å². The Morgan fingerprint density at radius 1 is 1.40 bits per heavy atom. The van der Waals surface area contributed by atoms with E-state index in [0.29, 0.717) is 41.0 Å². The van der Waals surface area contributed by atoms with Gasteiger partial charge in [-0.2, -0.15) is 4.98 Å². The second-order valence-corrected chi connectivity index (χ2v) is 5.65. The number of nitrogens with zero attached hydrogens (tertiary/aromatic N) is 2. The number of hydrogen-bond acceptors (Lipinski definition) is 3. The molecule has 0 N–H and O–H groups in total. The first kappa shape index (κ1) is 14.9. The molecule has 0 radical (unpaired) electrons. The van der Waals surface area contributed by atoms with Gasteiger partial charge in [0.2, 0.25) is 0 Å². The maximum atomic E-state index is 12.6. The van der Waals surface area contributed by atoms with E-state index in [4.69, 9.17) is 16.3 Å². The largest absolute Gasteiger partial charge is 0.465 e. The van der Waals surface area contributed by atoms with E-state index in [2.05, 4.69) is 18.8 Å². The molecule has 0 saturated carbocycles. The molecule has 0 atom stereocenters. The molecule has 0 fully saturated rings. The number of hydrogen-bond donors (Lipinski definition) is 0. The molecule has 2 aromatic rings. The molecule has 108 valence electrons. The van der Waals surface area contributed by atoms with Gasteiger partial charge in [0.05, 0.1) is 17.5 Å². The van der Waals surface area contributed by atoms with Gasteiger partial charge in [0.25, 0.3) is 11.6 Å². The van der Waals surface area contributed by atoms with E-state index in [-0.39, 0.29) is 5.56 Å². The third-order valence-corrected chi connectivity index (χ3v) is 3.10. The molecule has 0 saturated heterocycles. The summed E-state index contributed by atoms with van der Waals surface area (Å²) in [6.07, 6.45) is 0.871. The Morgan fingerprint density at radius 3 is 2.80 bits per heavy atom. The van der Waals surface area contributed by atoms with Crippen LogP contribution in [0.3, 0.4) is 0 Å². The second kappa shape index (κ2) is 6.27. The van der Waals surface area contributed by atoms with Crippen LogP contribution in [-0.2, 0) is 6.54 Å². The van der Waals surface area contributed by atoms with Crippen molar-refractivity contribution in [3.05, 3.63) is 33.6 Å². The maximum Gasteiger partial charge on any atom is 0.299 e. The zero-order chi connectivity index (χ0) is 14.7. The van der Waals surface area contributed by atoms with Gasteiger partial charge in [0, 0.05) is 11.6 Å². The average molecular weight is 295 g/mol. The van der Waals surface area contributed by atoms with Crippen LogP contribution >= 0.6 is 11.6 Å². The van der Waals surface area contributed by atoms with Crippen LogP contribution in [0, 0.1) is 5.92 Å². The Hall–Kier alpha value is -1.55. The highest BCUT2D eigenvalue weighted by atomic mass is 35.5. The van der Waals surface area contributed by atoms with Crippen molar-refractivity contribution in [2.45, 2.75) is 33.7 Å². The van der Waals surface area contributed by atoms with Crippen molar-refractivity contribution in [1.29, 1.82) is 0 Å². The predicted octanol–water partition coefficient (Wildman–Crippen LogP) is 3.49. The van der Waals surface area contributed by atoms with Crippen molar-refractivity contribution in [2.75, 3.05) is 6.61 Å². The number of ether oxygens (including phenoxy) is 1. The smallest absolute Gasteiger partial charge is 0.299 e. The lowest BCUT2D eigenvalue weighted by Gasteiger charge is -2.15. The summed E-state index contributed by atoms with van der Waals surface area (Å²) in [6.45, 7) is 7.25. The fourth-order valence-corrected chi connectivity index (χ4v) is 2.17. The van der Waals surface area contributed by atoms with Crippen molar-refractivity contribution in [2.24, 2.45) is 5.92 Å². The molecular weight excluding hydrogens is 276 g/mol. The van der Waals surface area contributed by atoms with Gasteiger partial charge in [-0.15, -0.1) is 0 Å². The van der Waals surface area contributed by atoms with E-state index in [1.54, 1.807) is 22.8 Å². The number of aromatic nitrogens is 2. The first-order valence-electron chi connectivity index (χ1n) is 6.85. The van der Waals surface area contributed by atoms with E-state index in [9.17, 15) is 4.79 Å². The van der Waals surface area contributed by atoms with Crippen LogP contribution in [0.15, 0.2) is 23.0 Å². The Balaban J connectivity index is 2.62. The van der Waals surface area contributed by atoms with Crippen molar-refractivity contribution in [1.82, 2.24) is 9.55 Å². The van der Waals surface area contributed by atoms with E-state index in [1.165, 1.54) is 0 Å². The third-order valence-electron chi connectivity index (χ3n) is 2.86. The summed E-state index contributed by atoms with van der Waals surface area (Å²) < 4.78 is 7.22. The van der Waals surface area contributed by atoms with Gasteiger partial charge >= 0.3 is 0 Å². The zero-order valence-electron chi connectivity index (χ0n) is 12.0. The Kier molecular flexibility index (Phi) is 4.65. The summed E-state index contributed by atoms with van der Waals surface area (Å²) in [4.78, 5) is 17.0. The number of fused-ring (bicyclic) bond motifs is 1. The molecule has 0 aliphatic rings. The summed E-state index contributed by atoms with van der Waals surface area (Å²) in [5.41, 5.74) is 0.516. The topological polar surface area (TPSA) is 44.1 Å². The predicted molar refractivity (Wildman–Crippen MR) is 81.6 cm³/mol. The lowest BCUT2D eigenvalue weighted by Crippen LogP contribution is -2.26. The molecule has 0 aliphatic heterocycles. The maximum absolute atomic E-state index is 12.6. The van der Waals surface area contributed by atoms with Crippen LogP contribution in [0.1, 0.15) is 27.2 Å². The van der Waals surface area contributed by atoms with Gasteiger partial charge in [-0.25, -0.2) is 0 Å². The normalized spacial score (nSPS) is 11.2. The van der Waals surface area contributed by atoms with Crippen LogP contribution < -0.4 is 10.3 Å². The molecule has 0 aliphatic carbocycles. The summed E-state index contributed by atoms with van der Waals surface area (Å²) in [6, 6.07) is 5.53. The summed E-state index contributed by atoms with van der Waals surface area (Å²) in [5, 5.41) is 1.07. The van der Waals surface area contributed by atoms with Crippen molar-refractivity contribution in [3.63, 3.8) is 0 Å². The minimum atomic E-state index is -0.0997. The highest BCUT2D eigenvalue weighted by Crippen LogP contribution is 2.18. The molecule has 0 spiro atoms. The van der Waals surface area contributed by atoms with E-state index in [1.807, 2.05) is 6.92 Å². The SMILES string of the molecule is CCCOc1nc2ccc(Cl)cc2c(=O)n1CC(C)C. The van der Waals surface area contributed by atoms with Crippen molar-refractivity contribution >= 4 is 22.5 Å². The van der Waals surface area contributed by atoms with Gasteiger partial charge in [-0.05, 0) is 30.5 Å². The van der Waals surface area contributed by atoms with Gasteiger partial charge in [-0.1, -0.05) is 32.4 Å². The third kappa shape index (κ3) is 3.12. The van der Waals surface area contributed by atoms with Crippen LogP contribution in [0.2, 0.25) is 5.02 Å². The average Bonchev–Trinajstić information content (AvgIpc) is 2.40. The molecule has 4 nitrogen and oxygen atoms in total. The van der Waals surface area contributed by atoms with Crippen LogP contribution in [-0.4, -0.2) is 16.2 Å². The molecule has 0 amide bonds. The van der Waals surface area contributed by atoms with Crippen molar-refractivity contribution < 1.29 is 4.74 Å². The zero-order valence-corrected chi connectivity index (χ0v) is 12.8. The Morgan fingerprint density at radius 2 is 2.15 bits per heavy atom. The molecule has 5 heteroatoms. The molecule has 20 heavy (non-hydrogen) atoms. The molecule has 1 aromatic carbocycles. The van der Waals surface area contributed by atoms with Gasteiger partial charge in [-0.3, -0.25) is 9.36 Å². The molecule has 1 aromatic heterocycles. The molecule has 0 unspecified atom stereocenters. The molecule has 1 heterocycles. The molecule has 2 rings (SSSR count). The van der Waals surface area contributed by atoms with E-state index in [0.717, 1.165) is 6.42 Å². The highest BCUT2D eigenvalue weighted by molar-refractivity contribution is 6.31. The van der Waals surface area contributed by atoms with Crippen molar-refractivity contribution in [3.8, 4) is 6.01 Å². The standard InChI is InChI=1S/C15H19ClN2O2/c1-4-7-20-15-17-13-6-5-11(16)8-12(13)14(19)18(15)9-10(2)3/h5-6,8,10H,4,7,9H2,1-3H3.